The summed E-state index contributed by atoms with van der Waals surface area (Å²) in [5.41, 5.74) is 5.00. The van der Waals surface area contributed by atoms with Crippen molar-refractivity contribution in [1.29, 1.82) is 0 Å². The number of nitrogens with zero attached hydrogens (tertiary/aromatic N) is 2. The number of aliphatic hydroxyl groups is 1. The van der Waals surface area contributed by atoms with Gasteiger partial charge in [-0.1, -0.05) is 13.8 Å². The molecule has 7 atom stereocenters. The van der Waals surface area contributed by atoms with Crippen LogP contribution in [0.3, 0.4) is 0 Å². The maximum atomic E-state index is 12.3. The number of fused-ring (bicyclic) bond motifs is 5. The number of hydrogen-bond acceptors (Lipinski definition) is 7. The molecule has 33 heavy (non-hydrogen) atoms. The number of carbonyl (C=O) groups is 1. The zero-order valence-electron chi connectivity index (χ0n) is 20.0. The van der Waals surface area contributed by atoms with Crippen molar-refractivity contribution in [3.8, 4) is 0 Å². The lowest BCUT2D eigenvalue weighted by molar-refractivity contribution is -0.200. The summed E-state index contributed by atoms with van der Waals surface area (Å²) < 4.78 is 5.25. The molecule has 7 nitrogen and oxygen atoms in total. The van der Waals surface area contributed by atoms with Crippen molar-refractivity contribution >= 4 is 17.6 Å². The van der Waals surface area contributed by atoms with Crippen LogP contribution >= 0.6 is 0 Å². The molecule has 3 N–H and O–H groups in total. The van der Waals surface area contributed by atoms with Crippen LogP contribution in [-0.2, 0) is 9.53 Å². The minimum absolute atomic E-state index is 0.155. The van der Waals surface area contributed by atoms with Crippen LogP contribution in [0.5, 0.6) is 0 Å². The highest BCUT2D eigenvalue weighted by molar-refractivity contribution is 5.88. The van der Waals surface area contributed by atoms with E-state index in [9.17, 15) is 9.90 Å². The third-order valence-electron chi connectivity index (χ3n) is 10.8. The van der Waals surface area contributed by atoms with E-state index in [-0.39, 0.29) is 22.7 Å². The summed E-state index contributed by atoms with van der Waals surface area (Å²) in [5.74, 6) is 2.42. The van der Waals surface area contributed by atoms with E-state index in [1.54, 1.807) is 6.08 Å². The van der Waals surface area contributed by atoms with E-state index < -0.39 is 5.60 Å². The highest BCUT2D eigenvalue weighted by Crippen LogP contribution is 2.69. The van der Waals surface area contributed by atoms with Crippen LogP contribution in [0.1, 0.15) is 71.6 Å². The first kappa shape index (κ1) is 21.6. The van der Waals surface area contributed by atoms with E-state index in [0.29, 0.717) is 24.4 Å². The third kappa shape index (κ3) is 3.14. The molecule has 4 fully saturated rings. The molecule has 180 valence electrons. The number of nitrogens with one attached hydrogen (secondary N) is 2. The van der Waals surface area contributed by atoms with Crippen LogP contribution in [0.4, 0.5) is 0 Å². The molecule has 0 spiro atoms. The predicted molar refractivity (Wildman–Crippen MR) is 127 cm³/mol. The van der Waals surface area contributed by atoms with Crippen molar-refractivity contribution in [3.63, 3.8) is 0 Å². The number of cyclic esters (lactones) is 1. The number of esters is 1. The van der Waals surface area contributed by atoms with Gasteiger partial charge in [0.2, 0.25) is 5.96 Å². The fraction of sp³-hybridized carbons (Fsp3) is 0.808. The molecule has 0 aromatic rings. The normalized spacial score (nSPS) is 47.7. The molecule has 7 heteroatoms. The Morgan fingerprint density at radius 1 is 1.18 bits per heavy atom. The van der Waals surface area contributed by atoms with Gasteiger partial charge in [-0.15, -0.1) is 0 Å². The molecule has 2 aliphatic heterocycles. The molecule has 4 saturated carbocycles. The van der Waals surface area contributed by atoms with Crippen LogP contribution in [0.2, 0.25) is 0 Å². The van der Waals surface area contributed by atoms with E-state index in [1.165, 1.54) is 18.6 Å². The molecular formula is C26H38N4O3. The van der Waals surface area contributed by atoms with Crippen molar-refractivity contribution in [2.24, 2.45) is 44.6 Å². The summed E-state index contributed by atoms with van der Waals surface area (Å²) in [6, 6.07) is 0. The second kappa shape index (κ2) is 7.56. The van der Waals surface area contributed by atoms with Gasteiger partial charge < -0.3 is 15.2 Å². The summed E-state index contributed by atoms with van der Waals surface area (Å²) in [7, 11) is 0. The monoisotopic (exact) mass is 454 g/mol. The van der Waals surface area contributed by atoms with Crippen molar-refractivity contribution in [1.82, 2.24) is 10.7 Å². The van der Waals surface area contributed by atoms with E-state index in [2.05, 4.69) is 29.6 Å². The Morgan fingerprint density at radius 3 is 2.82 bits per heavy atom. The van der Waals surface area contributed by atoms with Crippen LogP contribution < -0.4 is 10.7 Å². The lowest BCUT2D eigenvalue weighted by Crippen LogP contribution is -2.62. The topological polar surface area (TPSA) is 95.3 Å². The van der Waals surface area contributed by atoms with Gasteiger partial charge in [0.1, 0.15) is 6.61 Å². The SMILES string of the molecule is C[C@]12CC/C(=N\NC3=NCCN3)CC1CCC1C2CC[C@]2(C)[C@@H](C3=CC(=O)OC3)CC[C@]12O. The number of guanidine groups is 1. The Kier molecular flexibility index (Phi) is 4.95. The minimum atomic E-state index is -0.636. The molecule has 6 rings (SSSR count). The summed E-state index contributed by atoms with van der Waals surface area (Å²) >= 11 is 0. The van der Waals surface area contributed by atoms with Crippen LogP contribution in [0, 0.1) is 34.5 Å². The van der Waals surface area contributed by atoms with Crippen molar-refractivity contribution in [3.05, 3.63) is 11.6 Å². The summed E-state index contributed by atoms with van der Waals surface area (Å²) in [6.07, 6.45) is 11.3. The average Bonchev–Trinajstić information content (AvgIpc) is 3.52. The number of hydrazone groups is 1. The number of ether oxygens (including phenoxy) is 1. The van der Waals surface area contributed by atoms with Gasteiger partial charge in [-0.25, -0.2) is 15.2 Å². The second-order valence-electron chi connectivity index (χ2n) is 11.9. The van der Waals surface area contributed by atoms with Gasteiger partial charge in [0.25, 0.3) is 0 Å². The first-order chi connectivity index (χ1) is 15.8. The molecule has 0 aromatic carbocycles. The molecule has 0 bridgehead atoms. The van der Waals surface area contributed by atoms with Gasteiger partial charge in [0.05, 0.1) is 12.1 Å². The van der Waals surface area contributed by atoms with E-state index in [4.69, 9.17) is 9.84 Å². The second-order valence-corrected chi connectivity index (χ2v) is 11.9. The smallest absolute Gasteiger partial charge is 0.331 e. The molecule has 0 aromatic heterocycles. The van der Waals surface area contributed by atoms with E-state index >= 15 is 0 Å². The number of carbonyl (C=O) groups excluding carboxylic acids is 1. The first-order valence-electron chi connectivity index (χ1n) is 13.0. The summed E-state index contributed by atoms with van der Waals surface area (Å²) in [4.78, 5) is 16.1. The van der Waals surface area contributed by atoms with Crippen molar-refractivity contribution < 1.29 is 14.6 Å². The average molecular weight is 455 g/mol. The Hall–Kier alpha value is -1.89. The largest absolute Gasteiger partial charge is 0.458 e. The van der Waals surface area contributed by atoms with E-state index in [0.717, 1.165) is 69.6 Å². The standard InChI is InChI=1S/C26H38N4O3/c1-24-8-5-18(29-30-23-27-11-12-28-23)14-17(24)3-4-21-20(24)6-9-25(2)19(7-10-26(21,25)32)16-13-22(31)33-15-16/h13,17,19-21,32H,3-12,14-15H2,1-2H3,(H2,27,28,30)/b29-18+/t17?,19-,20?,21?,24+,25-,26+/m1/s1. The molecule has 4 aliphatic carbocycles. The Labute approximate surface area is 196 Å². The molecule has 0 saturated heterocycles. The molecular weight excluding hydrogens is 416 g/mol. The van der Waals surface area contributed by atoms with Gasteiger partial charge in [-0.3, -0.25) is 0 Å². The van der Waals surface area contributed by atoms with E-state index in [1.807, 2.05) is 0 Å². The van der Waals surface area contributed by atoms with Gasteiger partial charge in [0.15, 0.2) is 0 Å². The number of aliphatic imine (C=N–C) groups is 1. The lowest BCUT2D eigenvalue weighted by atomic mass is 9.43. The van der Waals surface area contributed by atoms with Crippen molar-refractivity contribution in [2.45, 2.75) is 77.2 Å². The fourth-order valence-corrected chi connectivity index (χ4v) is 8.92. The number of rotatable bonds is 2. The first-order valence-corrected chi connectivity index (χ1v) is 13.0. The predicted octanol–water partition coefficient (Wildman–Crippen LogP) is 3.15. The van der Waals surface area contributed by atoms with Gasteiger partial charge in [-0.05, 0) is 92.4 Å². The minimum Gasteiger partial charge on any atom is -0.458 e. The molecule has 0 amide bonds. The maximum Gasteiger partial charge on any atom is 0.331 e. The zero-order chi connectivity index (χ0) is 22.8. The summed E-state index contributed by atoms with van der Waals surface area (Å²) in [6.45, 7) is 6.93. The van der Waals surface area contributed by atoms with Gasteiger partial charge >= 0.3 is 5.97 Å². The van der Waals surface area contributed by atoms with Crippen LogP contribution in [0.15, 0.2) is 21.7 Å². The Balaban J connectivity index is 1.21. The third-order valence-corrected chi connectivity index (χ3v) is 10.8. The Morgan fingerprint density at radius 2 is 2.06 bits per heavy atom. The fourth-order valence-electron chi connectivity index (χ4n) is 8.92. The van der Waals surface area contributed by atoms with Crippen LogP contribution in [-0.4, -0.2) is 48.0 Å². The molecule has 2 heterocycles. The molecule has 6 aliphatic rings. The molecule has 0 radical (unpaired) electrons. The van der Waals surface area contributed by atoms with Crippen molar-refractivity contribution in [2.75, 3.05) is 19.7 Å². The number of hydrogen-bond donors (Lipinski definition) is 3. The maximum absolute atomic E-state index is 12.3. The summed E-state index contributed by atoms with van der Waals surface area (Å²) in [5, 5.41) is 20.3. The van der Waals surface area contributed by atoms with Crippen LogP contribution in [0.25, 0.3) is 0 Å². The quantitative estimate of drug-likeness (QED) is 0.440. The lowest BCUT2D eigenvalue weighted by Gasteiger charge is -2.63. The van der Waals surface area contributed by atoms with Gasteiger partial charge in [0, 0.05) is 23.7 Å². The van der Waals surface area contributed by atoms with Gasteiger partial charge in [-0.2, -0.15) is 5.10 Å². The molecule has 3 unspecified atom stereocenters. The zero-order valence-corrected chi connectivity index (χ0v) is 20.0. The Bertz CT molecular complexity index is 944. The highest BCUT2D eigenvalue weighted by Gasteiger charge is 2.67. The highest BCUT2D eigenvalue weighted by atomic mass is 16.5.